The average Bonchev–Trinajstić information content (AvgIpc) is 2.49. The average molecular weight is 336 g/mol. The number of fused-ring (bicyclic) bond motifs is 1. The number of rotatable bonds is 2. The van der Waals surface area contributed by atoms with Crippen LogP contribution in [-0.2, 0) is 4.79 Å². The van der Waals surface area contributed by atoms with Gasteiger partial charge in [-0.15, -0.1) is 24.2 Å². The van der Waals surface area contributed by atoms with E-state index in [1.165, 1.54) is 11.8 Å². The zero-order valence-corrected chi connectivity index (χ0v) is 13.3. The molecule has 5 nitrogen and oxygen atoms in total. The molecule has 7 heteroatoms. The highest BCUT2D eigenvalue weighted by Crippen LogP contribution is 2.36. The maximum atomic E-state index is 12.1. The molecule has 0 saturated heterocycles. The molecule has 2 N–H and O–H groups in total. The molecule has 0 fully saturated rings. The summed E-state index contributed by atoms with van der Waals surface area (Å²) in [4.78, 5) is 28.6. The van der Waals surface area contributed by atoms with E-state index in [0.717, 1.165) is 10.6 Å². The van der Waals surface area contributed by atoms with Crippen LogP contribution in [0.25, 0.3) is 0 Å². The van der Waals surface area contributed by atoms with E-state index in [1.807, 2.05) is 19.1 Å². The molecule has 2 aromatic rings. The third-order valence-corrected chi connectivity index (χ3v) is 4.29. The van der Waals surface area contributed by atoms with Gasteiger partial charge in [0, 0.05) is 28.5 Å². The summed E-state index contributed by atoms with van der Waals surface area (Å²) in [5, 5.41) is 5.55. The molecule has 0 saturated carbocycles. The van der Waals surface area contributed by atoms with Crippen molar-refractivity contribution in [3.8, 4) is 0 Å². The fraction of sp³-hybridized carbons (Fsp3) is 0.133. The Morgan fingerprint density at radius 3 is 2.73 bits per heavy atom. The van der Waals surface area contributed by atoms with E-state index < -0.39 is 0 Å². The maximum Gasteiger partial charge on any atom is 0.255 e. The number of nitrogens with one attached hydrogen (secondary N) is 2. The van der Waals surface area contributed by atoms with Crippen molar-refractivity contribution in [3.05, 3.63) is 48.3 Å². The Labute approximate surface area is 138 Å². The van der Waals surface area contributed by atoms with Gasteiger partial charge >= 0.3 is 0 Å². The third kappa shape index (κ3) is 3.40. The van der Waals surface area contributed by atoms with Crippen molar-refractivity contribution in [2.45, 2.75) is 17.1 Å². The number of amides is 2. The first-order valence-electron chi connectivity index (χ1n) is 6.46. The number of thioether (sulfide) groups is 1. The minimum Gasteiger partial charge on any atom is -0.324 e. The van der Waals surface area contributed by atoms with Crippen LogP contribution in [0.2, 0.25) is 0 Å². The van der Waals surface area contributed by atoms with Gasteiger partial charge in [-0.05, 0) is 37.3 Å². The highest BCUT2D eigenvalue weighted by molar-refractivity contribution is 8.00. The lowest BCUT2D eigenvalue weighted by molar-refractivity contribution is -0.115. The fourth-order valence-corrected chi connectivity index (χ4v) is 2.92. The molecule has 3 rings (SSSR count). The number of aromatic nitrogens is 1. The van der Waals surface area contributed by atoms with Gasteiger partial charge in [0.15, 0.2) is 0 Å². The van der Waals surface area contributed by atoms with Gasteiger partial charge in [0.1, 0.15) is 0 Å². The Hall–Kier alpha value is -2.05. The van der Waals surface area contributed by atoms with Gasteiger partial charge in [0.05, 0.1) is 10.9 Å². The second-order valence-corrected chi connectivity index (χ2v) is 6.03. The Balaban J connectivity index is 0.00000176. The minimum atomic E-state index is -0.208. The molecule has 1 atom stereocenters. The Bertz CT molecular complexity index is 709. The molecule has 1 aliphatic heterocycles. The van der Waals surface area contributed by atoms with Crippen LogP contribution >= 0.6 is 24.2 Å². The zero-order chi connectivity index (χ0) is 14.8. The summed E-state index contributed by atoms with van der Waals surface area (Å²) in [6.45, 7) is 1.86. The first-order chi connectivity index (χ1) is 10.1. The maximum absolute atomic E-state index is 12.1. The summed E-state index contributed by atoms with van der Waals surface area (Å²) in [6, 6.07) is 8.79. The van der Waals surface area contributed by atoms with E-state index in [4.69, 9.17) is 0 Å². The van der Waals surface area contributed by atoms with E-state index in [9.17, 15) is 9.59 Å². The summed E-state index contributed by atoms with van der Waals surface area (Å²) in [5.74, 6) is -0.231. The van der Waals surface area contributed by atoms with Gasteiger partial charge < -0.3 is 10.6 Å². The molecule has 0 spiro atoms. The first kappa shape index (κ1) is 16.3. The molecular weight excluding hydrogens is 322 g/mol. The van der Waals surface area contributed by atoms with Crippen LogP contribution in [0.5, 0.6) is 0 Å². The molecule has 0 radical (unpaired) electrons. The highest BCUT2D eigenvalue weighted by atomic mass is 35.5. The number of halogens is 1. The molecule has 1 unspecified atom stereocenters. The predicted molar refractivity (Wildman–Crippen MR) is 89.8 cm³/mol. The van der Waals surface area contributed by atoms with E-state index in [0.29, 0.717) is 11.3 Å². The summed E-state index contributed by atoms with van der Waals surface area (Å²) >= 11 is 1.51. The number of hydrogen-bond donors (Lipinski definition) is 2. The van der Waals surface area contributed by atoms with Crippen LogP contribution in [0, 0.1) is 0 Å². The van der Waals surface area contributed by atoms with Crippen LogP contribution in [-0.4, -0.2) is 22.0 Å². The second-order valence-electron chi connectivity index (χ2n) is 4.65. The van der Waals surface area contributed by atoms with Crippen molar-refractivity contribution in [3.63, 3.8) is 0 Å². The van der Waals surface area contributed by atoms with Crippen molar-refractivity contribution < 1.29 is 9.59 Å². The molecule has 1 aromatic heterocycles. The van der Waals surface area contributed by atoms with Crippen molar-refractivity contribution in [2.75, 3.05) is 10.6 Å². The molecule has 0 aliphatic carbocycles. The molecule has 1 aliphatic rings. The van der Waals surface area contributed by atoms with Crippen LogP contribution in [0.3, 0.4) is 0 Å². The number of pyridine rings is 1. The SMILES string of the molecule is CC1Sc2ccc(NC(=O)c3ccncc3)cc2NC1=O.Cl. The standard InChI is InChI=1S/C15H13N3O2S.ClH/c1-9-14(19)18-12-8-11(2-3-13(12)21-9)17-15(20)10-4-6-16-7-5-10;/h2-9H,1H3,(H,17,20)(H,18,19);1H. The normalized spacial score (nSPS) is 16.0. The fourth-order valence-electron chi connectivity index (χ4n) is 1.99. The first-order valence-corrected chi connectivity index (χ1v) is 7.34. The van der Waals surface area contributed by atoms with E-state index >= 15 is 0 Å². The number of hydrogen-bond acceptors (Lipinski definition) is 4. The molecule has 2 amide bonds. The Morgan fingerprint density at radius 2 is 2.00 bits per heavy atom. The molecule has 1 aromatic carbocycles. The third-order valence-electron chi connectivity index (χ3n) is 3.11. The Kier molecular flexibility index (Phi) is 5.05. The number of carbonyl (C=O) groups is 2. The van der Waals surface area contributed by atoms with Crippen LogP contribution < -0.4 is 10.6 Å². The van der Waals surface area contributed by atoms with E-state index in [2.05, 4.69) is 15.6 Å². The van der Waals surface area contributed by atoms with Crippen molar-refractivity contribution in [1.29, 1.82) is 0 Å². The quantitative estimate of drug-likeness (QED) is 0.884. The lowest BCUT2D eigenvalue weighted by Crippen LogP contribution is -2.26. The lowest BCUT2D eigenvalue weighted by Gasteiger charge is -2.21. The lowest BCUT2D eigenvalue weighted by atomic mass is 10.2. The molecule has 2 heterocycles. The number of nitrogens with zero attached hydrogens (tertiary/aromatic N) is 1. The van der Waals surface area contributed by atoms with Gasteiger partial charge in [0.2, 0.25) is 5.91 Å². The number of carbonyl (C=O) groups excluding carboxylic acids is 2. The summed E-state index contributed by atoms with van der Waals surface area (Å²) in [7, 11) is 0. The summed E-state index contributed by atoms with van der Waals surface area (Å²) in [5.41, 5.74) is 1.91. The molecule has 114 valence electrons. The molecule has 0 bridgehead atoms. The van der Waals surface area contributed by atoms with Crippen LogP contribution in [0.15, 0.2) is 47.6 Å². The van der Waals surface area contributed by atoms with Crippen molar-refractivity contribution in [2.24, 2.45) is 0 Å². The van der Waals surface area contributed by atoms with Crippen LogP contribution in [0.1, 0.15) is 17.3 Å². The van der Waals surface area contributed by atoms with Gasteiger partial charge in [-0.3, -0.25) is 14.6 Å². The minimum absolute atomic E-state index is 0. The smallest absolute Gasteiger partial charge is 0.255 e. The van der Waals surface area contributed by atoms with Gasteiger partial charge in [-0.25, -0.2) is 0 Å². The monoisotopic (exact) mass is 335 g/mol. The Morgan fingerprint density at radius 1 is 1.27 bits per heavy atom. The summed E-state index contributed by atoms with van der Waals surface area (Å²) in [6.07, 6.45) is 3.14. The highest BCUT2D eigenvalue weighted by Gasteiger charge is 2.23. The zero-order valence-electron chi connectivity index (χ0n) is 11.7. The van der Waals surface area contributed by atoms with Gasteiger partial charge in [-0.1, -0.05) is 0 Å². The molecular formula is C15H14ClN3O2S. The van der Waals surface area contributed by atoms with E-state index in [1.54, 1.807) is 30.6 Å². The predicted octanol–water partition coefficient (Wildman–Crippen LogP) is 3.19. The van der Waals surface area contributed by atoms with E-state index in [-0.39, 0.29) is 29.5 Å². The van der Waals surface area contributed by atoms with Crippen molar-refractivity contribution in [1.82, 2.24) is 4.98 Å². The largest absolute Gasteiger partial charge is 0.324 e. The summed E-state index contributed by atoms with van der Waals surface area (Å²) < 4.78 is 0. The number of benzene rings is 1. The van der Waals surface area contributed by atoms with Crippen molar-refractivity contribution >= 4 is 47.4 Å². The number of anilines is 2. The van der Waals surface area contributed by atoms with Gasteiger partial charge in [0.25, 0.3) is 5.91 Å². The second kappa shape index (κ2) is 6.81. The van der Waals surface area contributed by atoms with Crippen LogP contribution in [0.4, 0.5) is 11.4 Å². The van der Waals surface area contributed by atoms with Gasteiger partial charge in [-0.2, -0.15) is 0 Å². The molecule has 22 heavy (non-hydrogen) atoms. The topological polar surface area (TPSA) is 71.1 Å².